The van der Waals surface area contributed by atoms with E-state index in [2.05, 4.69) is 19.9 Å². The molecular weight excluding hydrogens is 302 g/mol. The van der Waals surface area contributed by atoms with Gasteiger partial charge in [0.15, 0.2) is 0 Å². The van der Waals surface area contributed by atoms with Gasteiger partial charge in [0.2, 0.25) is 5.82 Å². The van der Waals surface area contributed by atoms with Crippen LogP contribution in [0.25, 0.3) is 11.0 Å². The largest absolute Gasteiger partial charge is 0.370 e. The molecule has 0 aliphatic rings. The zero-order chi connectivity index (χ0) is 15.7. The van der Waals surface area contributed by atoms with Crippen LogP contribution >= 0.6 is 11.6 Å². The van der Waals surface area contributed by atoms with E-state index in [0.29, 0.717) is 17.6 Å². The van der Waals surface area contributed by atoms with E-state index in [4.69, 9.17) is 17.3 Å². The van der Waals surface area contributed by atoms with Crippen LogP contribution in [0.15, 0.2) is 36.5 Å². The van der Waals surface area contributed by atoms with E-state index in [9.17, 15) is 4.79 Å². The van der Waals surface area contributed by atoms with Gasteiger partial charge in [0.25, 0.3) is 5.91 Å². The second-order valence-corrected chi connectivity index (χ2v) is 5.29. The first-order valence-corrected chi connectivity index (χ1v) is 7.03. The number of nitrogens with zero attached hydrogens (tertiary/aromatic N) is 3. The lowest BCUT2D eigenvalue weighted by atomic mass is 10.2. The maximum Gasteiger partial charge on any atom is 0.286 e. The first-order valence-electron chi connectivity index (χ1n) is 6.65. The number of halogens is 1. The summed E-state index contributed by atoms with van der Waals surface area (Å²) < 4.78 is 0. The Hall–Kier alpha value is -2.60. The van der Waals surface area contributed by atoms with Crippen molar-refractivity contribution in [2.45, 2.75) is 6.54 Å². The monoisotopic (exact) mass is 315 g/mol. The van der Waals surface area contributed by atoms with Crippen LogP contribution < -0.4 is 10.6 Å². The molecule has 2 aromatic heterocycles. The maximum absolute atomic E-state index is 11.2. The van der Waals surface area contributed by atoms with Crippen LogP contribution in [0.2, 0.25) is 5.15 Å². The fourth-order valence-electron chi connectivity index (χ4n) is 2.31. The highest BCUT2D eigenvalue weighted by atomic mass is 35.5. The van der Waals surface area contributed by atoms with Crippen molar-refractivity contribution in [1.29, 1.82) is 0 Å². The topological polar surface area (TPSA) is 87.9 Å². The van der Waals surface area contributed by atoms with Gasteiger partial charge in [0.05, 0.1) is 5.39 Å². The van der Waals surface area contributed by atoms with E-state index >= 15 is 0 Å². The Morgan fingerprint density at radius 1 is 1.32 bits per heavy atom. The third-order valence-electron chi connectivity index (χ3n) is 3.39. The van der Waals surface area contributed by atoms with Gasteiger partial charge >= 0.3 is 0 Å². The van der Waals surface area contributed by atoms with Crippen LogP contribution in [-0.2, 0) is 6.54 Å². The SMILES string of the molecule is CN(Cc1c[nH]c2nc(C(N)=O)nc(Cl)c12)c1ccccc1. The number of nitrogens with two attached hydrogens (primary N) is 1. The fraction of sp³-hybridized carbons (Fsp3) is 0.133. The van der Waals surface area contributed by atoms with Crippen LogP contribution in [0.5, 0.6) is 0 Å². The quantitative estimate of drug-likeness (QED) is 0.723. The number of fused-ring (bicyclic) bond motifs is 1. The number of para-hydroxylation sites is 1. The van der Waals surface area contributed by atoms with Crippen LogP contribution in [-0.4, -0.2) is 27.9 Å². The molecule has 0 saturated heterocycles. The molecule has 7 heteroatoms. The number of H-pyrrole nitrogens is 1. The Morgan fingerprint density at radius 2 is 2.05 bits per heavy atom. The summed E-state index contributed by atoms with van der Waals surface area (Å²) in [4.78, 5) is 24.3. The second kappa shape index (κ2) is 5.65. The smallest absolute Gasteiger partial charge is 0.286 e. The molecule has 0 fully saturated rings. The van der Waals surface area contributed by atoms with Crippen molar-refractivity contribution >= 4 is 34.2 Å². The lowest BCUT2D eigenvalue weighted by molar-refractivity contribution is 0.0990. The summed E-state index contributed by atoms with van der Waals surface area (Å²) in [6.45, 7) is 0.628. The Labute approximate surface area is 131 Å². The van der Waals surface area contributed by atoms with Gasteiger partial charge in [-0.15, -0.1) is 0 Å². The third kappa shape index (κ3) is 2.60. The normalized spacial score (nSPS) is 10.8. The molecule has 0 saturated carbocycles. The Morgan fingerprint density at radius 3 is 2.73 bits per heavy atom. The predicted molar refractivity (Wildman–Crippen MR) is 86.0 cm³/mol. The predicted octanol–water partition coefficient (Wildman–Crippen LogP) is 2.35. The Balaban J connectivity index is 1.97. The third-order valence-corrected chi connectivity index (χ3v) is 3.67. The van der Waals surface area contributed by atoms with Crippen molar-refractivity contribution in [3.8, 4) is 0 Å². The molecule has 0 radical (unpaired) electrons. The summed E-state index contributed by atoms with van der Waals surface area (Å²) in [7, 11) is 1.99. The Bertz CT molecular complexity index is 831. The summed E-state index contributed by atoms with van der Waals surface area (Å²) in [6.07, 6.45) is 1.81. The van der Waals surface area contributed by atoms with Crippen molar-refractivity contribution in [3.63, 3.8) is 0 Å². The molecule has 0 atom stereocenters. The molecule has 22 heavy (non-hydrogen) atoms. The number of aromatic nitrogens is 3. The molecular formula is C15H14ClN5O. The lowest BCUT2D eigenvalue weighted by Crippen LogP contribution is -2.17. The van der Waals surface area contributed by atoms with Gasteiger partial charge in [0, 0.05) is 31.0 Å². The van der Waals surface area contributed by atoms with E-state index in [1.165, 1.54) is 0 Å². The van der Waals surface area contributed by atoms with Crippen LogP contribution in [0.3, 0.4) is 0 Å². The molecule has 1 amide bonds. The molecule has 3 N–H and O–H groups in total. The van der Waals surface area contributed by atoms with Crippen molar-refractivity contribution in [1.82, 2.24) is 15.0 Å². The average Bonchev–Trinajstić information content (AvgIpc) is 2.91. The highest BCUT2D eigenvalue weighted by Crippen LogP contribution is 2.26. The zero-order valence-corrected chi connectivity index (χ0v) is 12.6. The summed E-state index contributed by atoms with van der Waals surface area (Å²) in [5.41, 5.74) is 7.73. The number of carbonyl (C=O) groups is 1. The van der Waals surface area contributed by atoms with Crippen molar-refractivity contribution < 1.29 is 4.79 Å². The molecule has 0 spiro atoms. The number of hydrogen-bond donors (Lipinski definition) is 2. The van der Waals surface area contributed by atoms with Gasteiger partial charge in [-0.2, -0.15) is 0 Å². The van der Waals surface area contributed by atoms with Crippen molar-refractivity contribution in [3.05, 3.63) is 53.1 Å². The van der Waals surface area contributed by atoms with Gasteiger partial charge in [-0.3, -0.25) is 4.79 Å². The molecule has 3 rings (SSSR count). The minimum absolute atomic E-state index is 0.0951. The van der Waals surface area contributed by atoms with Crippen LogP contribution in [0.4, 0.5) is 5.69 Å². The number of aromatic amines is 1. The molecule has 0 aliphatic carbocycles. The van der Waals surface area contributed by atoms with E-state index < -0.39 is 5.91 Å². The van der Waals surface area contributed by atoms with E-state index in [-0.39, 0.29) is 11.0 Å². The van der Waals surface area contributed by atoms with Gasteiger partial charge in [-0.25, -0.2) is 9.97 Å². The number of benzene rings is 1. The molecule has 0 unspecified atom stereocenters. The highest BCUT2D eigenvalue weighted by molar-refractivity contribution is 6.34. The summed E-state index contributed by atoms with van der Waals surface area (Å²) >= 11 is 6.18. The number of rotatable bonds is 4. The van der Waals surface area contributed by atoms with Crippen molar-refractivity contribution in [2.24, 2.45) is 5.73 Å². The first-order chi connectivity index (χ1) is 10.6. The van der Waals surface area contributed by atoms with Crippen LogP contribution in [0, 0.1) is 0 Å². The summed E-state index contributed by atoms with van der Waals surface area (Å²) in [6, 6.07) is 9.99. The highest BCUT2D eigenvalue weighted by Gasteiger charge is 2.16. The van der Waals surface area contributed by atoms with Gasteiger partial charge < -0.3 is 15.6 Å². The Kier molecular flexibility index (Phi) is 3.68. The minimum atomic E-state index is -0.707. The van der Waals surface area contributed by atoms with E-state index in [0.717, 1.165) is 11.3 Å². The summed E-state index contributed by atoms with van der Waals surface area (Å²) in [5, 5.41) is 0.922. The van der Waals surface area contributed by atoms with Gasteiger partial charge in [-0.1, -0.05) is 29.8 Å². The fourth-order valence-corrected chi connectivity index (χ4v) is 2.61. The number of amides is 1. The molecule has 0 bridgehead atoms. The molecule has 2 heterocycles. The number of anilines is 1. The second-order valence-electron chi connectivity index (χ2n) is 4.93. The minimum Gasteiger partial charge on any atom is -0.370 e. The van der Waals surface area contributed by atoms with Crippen LogP contribution in [0.1, 0.15) is 16.2 Å². The number of primary amides is 1. The van der Waals surface area contributed by atoms with E-state index in [1.807, 2.05) is 43.6 Å². The van der Waals surface area contributed by atoms with E-state index in [1.54, 1.807) is 0 Å². The maximum atomic E-state index is 11.2. The number of carbonyl (C=O) groups excluding carboxylic acids is 1. The molecule has 0 aliphatic heterocycles. The number of hydrogen-bond acceptors (Lipinski definition) is 4. The molecule has 6 nitrogen and oxygen atoms in total. The summed E-state index contributed by atoms with van der Waals surface area (Å²) in [5.74, 6) is -0.802. The van der Waals surface area contributed by atoms with Gasteiger partial charge in [-0.05, 0) is 12.1 Å². The molecule has 3 aromatic rings. The molecule has 1 aromatic carbocycles. The standard InChI is InChI=1S/C15H14ClN5O/c1-21(10-5-3-2-4-6-10)8-9-7-18-14-11(9)12(16)19-15(20-14)13(17)22/h2-7H,8H2,1H3,(H2,17,22)(H,18,19,20). The molecule has 112 valence electrons. The lowest BCUT2D eigenvalue weighted by Gasteiger charge is -2.18. The zero-order valence-electron chi connectivity index (χ0n) is 11.9. The average molecular weight is 316 g/mol. The first kappa shape index (κ1) is 14.3. The van der Waals surface area contributed by atoms with Crippen molar-refractivity contribution in [2.75, 3.05) is 11.9 Å². The van der Waals surface area contributed by atoms with Gasteiger partial charge in [0.1, 0.15) is 10.8 Å². The number of nitrogens with one attached hydrogen (secondary N) is 1.